The van der Waals surface area contributed by atoms with Crippen molar-refractivity contribution in [3.63, 3.8) is 0 Å². The third-order valence-corrected chi connectivity index (χ3v) is 5.78. The first-order valence-electron chi connectivity index (χ1n) is 6.81. The van der Waals surface area contributed by atoms with E-state index >= 15 is 0 Å². The molecule has 3 rings (SSSR count). The highest BCUT2D eigenvalue weighted by Gasteiger charge is 2.52. The van der Waals surface area contributed by atoms with Crippen molar-refractivity contribution < 1.29 is 14.3 Å². The molecule has 8 heteroatoms. The van der Waals surface area contributed by atoms with Crippen LogP contribution in [0.15, 0.2) is 22.7 Å². The van der Waals surface area contributed by atoms with Gasteiger partial charge in [-0.25, -0.2) is 4.79 Å². The molecule has 0 radical (unpaired) electrons. The molecule has 3 amide bonds. The second kappa shape index (κ2) is 6.29. The van der Waals surface area contributed by atoms with Crippen molar-refractivity contribution in [3.8, 4) is 5.75 Å². The summed E-state index contributed by atoms with van der Waals surface area (Å²) in [6, 6.07) is 4.87. The Morgan fingerprint density at radius 3 is 2.95 bits per heavy atom. The van der Waals surface area contributed by atoms with Gasteiger partial charge in [0.25, 0.3) is 5.91 Å². The summed E-state index contributed by atoms with van der Waals surface area (Å²) in [4.78, 5) is 25.7. The van der Waals surface area contributed by atoms with E-state index in [-0.39, 0.29) is 25.1 Å². The summed E-state index contributed by atoms with van der Waals surface area (Å²) in [7, 11) is 0. The van der Waals surface area contributed by atoms with Gasteiger partial charge in [0.1, 0.15) is 17.9 Å². The molecular weight excluding hydrogens is 392 g/mol. The van der Waals surface area contributed by atoms with Crippen LogP contribution in [-0.4, -0.2) is 47.0 Å². The normalized spacial score (nSPS) is 24.2. The summed E-state index contributed by atoms with van der Waals surface area (Å²) in [5.74, 6) is 2.04. The number of halogens is 2. The lowest BCUT2D eigenvalue weighted by atomic mass is 9.99. The van der Waals surface area contributed by atoms with Crippen LogP contribution in [0.4, 0.5) is 4.79 Å². The van der Waals surface area contributed by atoms with E-state index in [0.717, 1.165) is 10.2 Å². The van der Waals surface area contributed by atoms with Crippen LogP contribution in [0.1, 0.15) is 6.42 Å². The number of hydrogen-bond acceptors (Lipinski definition) is 4. The van der Waals surface area contributed by atoms with Crippen molar-refractivity contribution in [2.24, 2.45) is 0 Å². The van der Waals surface area contributed by atoms with E-state index in [4.69, 9.17) is 16.3 Å². The Hall–Kier alpha value is -0.920. The minimum atomic E-state index is -0.692. The molecule has 2 heterocycles. The van der Waals surface area contributed by atoms with E-state index in [1.807, 2.05) is 0 Å². The summed E-state index contributed by atoms with van der Waals surface area (Å²) in [6.45, 7) is 0.467. The van der Waals surface area contributed by atoms with E-state index in [9.17, 15) is 9.59 Å². The predicted octanol–water partition coefficient (Wildman–Crippen LogP) is 2.91. The number of nitrogens with one attached hydrogen (secondary N) is 1. The van der Waals surface area contributed by atoms with E-state index in [0.29, 0.717) is 22.9 Å². The van der Waals surface area contributed by atoms with Crippen molar-refractivity contribution in [1.29, 1.82) is 0 Å². The molecule has 0 aromatic heterocycles. The Morgan fingerprint density at radius 2 is 2.27 bits per heavy atom. The van der Waals surface area contributed by atoms with E-state index in [2.05, 4.69) is 21.2 Å². The van der Waals surface area contributed by atoms with Gasteiger partial charge >= 0.3 is 6.03 Å². The molecule has 0 bridgehead atoms. The van der Waals surface area contributed by atoms with Gasteiger partial charge in [-0.05, 0) is 46.3 Å². The van der Waals surface area contributed by atoms with Gasteiger partial charge in [-0.1, -0.05) is 11.6 Å². The molecule has 1 unspecified atom stereocenters. The maximum Gasteiger partial charge on any atom is 0.325 e. The standard InChI is InChI=1S/C14H14BrClN2O3S/c15-10-7-9(16)1-2-11(10)21-5-4-18-12(19)14(17-13(18)20)3-6-22-8-14/h1-2,7H,3-6,8H2,(H,17,20). The summed E-state index contributed by atoms with van der Waals surface area (Å²) < 4.78 is 6.35. The third-order valence-electron chi connectivity index (χ3n) is 3.73. The fourth-order valence-corrected chi connectivity index (χ4v) is 4.67. The fraction of sp³-hybridized carbons (Fsp3) is 0.429. The molecule has 1 N–H and O–H groups in total. The van der Waals surface area contributed by atoms with Crippen LogP contribution in [-0.2, 0) is 4.79 Å². The lowest BCUT2D eigenvalue weighted by molar-refractivity contribution is -0.130. The Morgan fingerprint density at radius 1 is 1.45 bits per heavy atom. The van der Waals surface area contributed by atoms with Gasteiger partial charge in [-0.15, -0.1) is 0 Å². The van der Waals surface area contributed by atoms with Crippen molar-refractivity contribution in [3.05, 3.63) is 27.7 Å². The first-order valence-corrected chi connectivity index (χ1v) is 9.14. The lowest BCUT2D eigenvalue weighted by Crippen LogP contribution is -2.47. The molecule has 2 aliphatic rings. The summed E-state index contributed by atoms with van der Waals surface area (Å²) >= 11 is 10.9. The second-order valence-electron chi connectivity index (χ2n) is 5.19. The molecule has 1 atom stereocenters. The summed E-state index contributed by atoms with van der Waals surface area (Å²) in [5.41, 5.74) is -0.692. The van der Waals surface area contributed by atoms with Gasteiger partial charge < -0.3 is 10.1 Å². The zero-order chi connectivity index (χ0) is 15.7. The molecule has 1 aromatic carbocycles. The summed E-state index contributed by atoms with van der Waals surface area (Å²) in [6.07, 6.45) is 0.697. The number of ether oxygens (including phenoxy) is 1. The lowest BCUT2D eigenvalue weighted by Gasteiger charge is -2.19. The van der Waals surface area contributed by atoms with Crippen molar-refractivity contribution in [2.75, 3.05) is 24.7 Å². The van der Waals surface area contributed by atoms with E-state index in [1.54, 1.807) is 30.0 Å². The highest BCUT2D eigenvalue weighted by Crippen LogP contribution is 2.33. The Kier molecular flexibility index (Phi) is 4.56. The van der Waals surface area contributed by atoms with Crippen LogP contribution in [0.2, 0.25) is 5.02 Å². The molecule has 2 fully saturated rings. The molecule has 1 aromatic rings. The Labute approximate surface area is 145 Å². The van der Waals surface area contributed by atoms with Crippen LogP contribution in [0.5, 0.6) is 5.75 Å². The molecule has 0 saturated carbocycles. The molecule has 5 nitrogen and oxygen atoms in total. The first kappa shape index (κ1) is 16.0. The maximum absolute atomic E-state index is 12.4. The van der Waals surface area contributed by atoms with Crippen LogP contribution < -0.4 is 10.1 Å². The SMILES string of the molecule is O=C1NC2(CCSC2)C(=O)N1CCOc1ccc(Cl)cc1Br. The second-order valence-corrected chi connectivity index (χ2v) is 7.59. The maximum atomic E-state index is 12.4. The third kappa shape index (κ3) is 2.94. The van der Waals surface area contributed by atoms with Gasteiger partial charge in [0.15, 0.2) is 0 Å². The first-order chi connectivity index (χ1) is 10.5. The number of thioether (sulfide) groups is 1. The van der Waals surface area contributed by atoms with Crippen LogP contribution >= 0.6 is 39.3 Å². The number of imide groups is 1. The van der Waals surface area contributed by atoms with E-state index < -0.39 is 5.54 Å². The van der Waals surface area contributed by atoms with Crippen molar-refractivity contribution >= 4 is 51.2 Å². The monoisotopic (exact) mass is 404 g/mol. The minimum Gasteiger partial charge on any atom is -0.491 e. The number of urea groups is 1. The largest absolute Gasteiger partial charge is 0.491 e. The van der Waals surface area contributed by atoms with Crippen LogP contribution in [0.3, 0.4) is 0 Å². The molecule has 22 heavy (non-hydrogen) atoms. The number of nitrogens with zero attached hydrogens (tertiary/aromatic N) is 1. The number of hydrogen-bond donors (Lipinski definition) is 1. The van der Waals surface area contributed by atoms with Gasteiger partial charge in [0.2, 0.25) is 0 Å². The van der Waals surface area contributed by atoms with Gasteiger partial charge in [0, 0.05) is 10.8 Å². The predicted molar refractivity (Wildman–Crippen MR) is 89.6 cm³/mol. The smallest absolute Gasteiger partial charge is 0.325 e. The number of rotatable bonds is 4. The van der Waals surface area contributed by atoms with Crippen LogP contribution in [0.25, 0.3) is 0 Å². The Bertz CT molecular complexity index is 622. The quantitative estimate of drug-likeness (QED) is 0.783. The van der Waals surface area contributed by atoms with Crippen molar-refractivity contribution in [2.45, 2.75) is 12.0 Å². The number of amides is 3. The highest BCUT2D eigenvalue weighted by atomic mass is 79.9. The topological polar surface area (TPSA) is 58.6 Å². The summed E-state index contributed by atoms with van der Waals surface area (Å²) in [5, 5.41) is 3.44. The highest BCUT2D eigenvalue weighted by molar-refractivity contribution is 9.10. The molecule has 1 spiro atoms. The van der Waals surface area contributed by atoms with Crippen LogP contribution in [0, 0.1) is 0 Å². The zero-order valence-corrected chi connectivity index (χ0v) is 14.8. The zero-order valence-electron chi connectivity index (χ0n) is 11.6. The molecule has 118 valence electrons. The fourth-order valence-electron chi connectivity index (χ4n) is 2.55. The minimum absolute atomic E-state index is 0.138. The van der Waals surface area contributed by atoms with Crippen molar-refractivity contribution in [1.82, 2.24) is 10.2 Å². The Balaban J connectivity index is 1.59. The average Bonchev–Trinajstić information content (AvgIpc) is 3.02. The number of benzene rings is 1. The molecule has 2 saturated heterocycles. The van der Waals surface area contributed by atoms with Gasteiger partial charge in [-0.3, -0.25) is 9.69 Å². The number of carbonyl (C=O) groups is 2. The average molecular weight is 406 g/mol. The van der Waals surface area contributed by atoms with Gasteiger partial charge in [-0.2, -0.15) is 11.8 Å². The van der Waals surface area contributed by atoms with E-state index in [1.165, 1.54) is 4.90 Å². The van der Waals surface area contributed by atoms with Gasteiger partial charge in [0.05, 0.1) is 11.0 Å². The molecular formula is C14H14BrClN2O3S. The number of carbonyl (C=O) groups excluding carboxylic acids is 2. The molecule has 2 aliphatic heterocycles. The molecule has 0 aliphatic carbocycles.